The molecule has 1 saturated heterocycles. The molecule has 0 N–H and O–H groups in total. The molecule has 0 saturated carbocycles. The summed E-state index contributed by atoms with van der Waals surface area (Å²) in [6.07, 6.45) is 3.80. The molecule has 0 spiro atoms. The summed E-state index contributed by atoms with van der Waals surface area (Å²) in [5, 5.41) is 0. The number of pyridine rings is 1. The largest absolute Gasteiger partial charge is 0.354 e. The number of rotatable bonds is 2. The highest BCUT2D eigenvalue weighted by Crippen LogP contribution is 2.25. The van der Waals surface area contributed by atoms with Gasteiger partial charge in [0.15, 0.2) is 11.6 Å². The van der Waals surface area contributed by atoms with Gasteiger partial charge in [0, 0.05) is 29.6 Å². The number of aromatic nitrogens is 1. The van der Waals surface area contributed by atoms with E-state index in [4.69, 9.17) is 11.6 Å². The number of piperidine rings is 1. The number of hydrogen-bond donors (Lipinski definition) is 0. The minimum atomic E-state index is -0.274. The van der Waals surface area contributed by atoms with Crippen molar-refractivity contribution < 1.29 is 4.39 Å². The third-order valence-corrected chi connectivity index (χ3v) is 3.70. The Morgan fingerprint density at radius 3 is 3.12 bits per heavy atom. The van der Waals surface area contributed by atoms with Crippen LogP contribution in [0.3, 0.4) is 0 Å². The van der Waals surface area contributed by atoms with E-state index in [0.29, 0.717) is 22.1 Å². The van der Waals surface area contributed by atoms with Gasteiger partial charge in [-0.3, -0.25) is 0 Å². The minimum absolute atomic E-state index is 0.274. The summed E-state index contributed by atoms with van der Waals surface area (Å²) >= 11 is 9.05. The maximum atomic E-state index is 13.7. The molecule has 1 aromatic heterocycles. The Kier molecular flexibility index (Phi) is 4.03. The monoisotopic (exact) mass is 306 g/mol. The van der Waals surface area contributed by atoms with Crippen molar-refractivity contribution in [2.45, 2.75) is 12.8 Å². The van der Waals surface area contributed by atoms with E-state index in [9.17, 15) is 4.39 Å². The van der Waals surface area contributed by atoms with Gasteiger partial charge in [0.1, 0.15) is 0 Å². The lowest BCUT2D eigenvalue weighted by Crippen LogP contribution is -2.37. The maximum absolute atomic E-state index is 13.7. The van der Waals surface area contributed by atoms with Crippen molar-refractivity contribution in [3.63, 3.8) is 0 Å². The van der Waals surface area contributed by atoms with E-state index < -0.39 is 0 Å². The van der Waals surface area contributed by atoms with Gasteiger partial charge < -0.3 is 4.90 Å². The molecule has 16 heavy (non-hydrogen) atoms. The molecule has 2 rings (SSSR count). The van der Waals surface area contributed by atoms with Crippen LogP contribution in [0.2, 0.25) is 0 Å². The fourth-order valence-electron chi connectivity index (χ4n) is 2.02. The van der Waals surface area contributed by atoms with Crippen LogP contribution in [0.15, 0.2) is 16.7 Å². The number of anilines is 1. The number of hydrogen-bond acceptors (Lipinski definition) is 2. The van der Waals surface area contributed by atoms with Crippen LogP contribution in [-0.4, -0.2) is 24.0 Å². The summed E-state index contributed by atoms with van der Waals surface area (Å²) in [6.45, 7) is 1.66. The van der Waals surface area contributed by atoms with Crippen LogP contribution in [0.5, 0.6) is 0 Å². The Morgan fingerprint density at radius 1 is 1.62 bits per heavy atom. The highest BCUT2D eigenvalue weighted by molar-refractivity contribution is 9.10. The molecular formula is C11H13BrClFN2. The highest BCUT2D eigenvalue weighted by atomic mass is 79.9. The Morgan fingerprint density at radius 2 is 2.44 bits per heavy atom. The molecule has 1 aliphatic heterocycles. The average Bonchev–Trinajstić information content (AvgIpc) is 2.29. The maximum Gasteiger partial charge on any atom is 0.166 e. The van der Waals surface area contributed by atoms with Crippen LogP contribution < -0.4 is 4.90 Å². The molecule has 1 fully saturated rings. The lowest BCUT2D eigenvalue weighted by molar-refractivity contribution is 0.443. The zero-order chi connectivity index (χ0) is 11.5. The van der Waals surface area contributed by atoms with Gasteiger partial charge in [0.05, 0.1) is 0 Å². The summed E-state index contributed by atoms with van der Waals surface area (Å²) in [5.41, 5.74) is 0. The van der Waals surface area contributed by atoms with Gasteiger partial charge in [-0.1, -0.05) is 0 Å². The number of alkyl halides is 1. The summed E-state index contributed by atoms with van der Waals surface area (Å²) in [4.78, 5) is 6.12. The fraction of sp³-hybridized carbons (Fsp3) is 0.545. The Labute approximate surface area is 108 Å². The van der Waals surface area contributed by atoms with Crippen LogP contribution in [0.4, 0.5) is 10.2 Å². The molecule has 5 heteroatoms. The second kappa shape index (κ2) is 5.32. The molecule has 0 aromatic carbocycles. The van der Waals surface area contributed by atoms with Crippen molar-refractivity contribution in [2.24, 2.45) is 5.92 Å². The molecule has 1 aliphatic rings. The average molecular weight is 308 g/mol. The predicted molar refractivity (Wildman–Crippen MR) is 67.6 cm³/mol. The second-order valence-electron chi connectivity index (χ2n) is 4.07. The van der Waals surface area contributed by atoms with Crippen molar-refractivity contribution in [1.82, 2.24) is 4.98 Å². The minimum Gasteiger partial charge on any atom is -0.354 e. The van der Waals surface area contributed by atoms with Gasteiger partial charge in [0.2, 0.25) is 0 Å². The topological polar surface area (TPSA) is 16.1 Å². The van der Waals surface area contributed by atoms with Crippen molar-refractivity contribution >= 4 is 33.3 Å². The van der Waals surface area contributed by atoms with Crippen LogP contribution in [0, 0.1) is 11.7 Å². The van der Waals surface area contributed by atoms with E-state index in [1.54, 1.807) is 6.20 Å². The van der Waals surface area contributed by atoms with Gasteiger partial charge in [0.25, 0.3) is 0 Å². The van der Waals surface area contributed by atoms with Gasteiger partial charge in [-0.05, 0) is 40.8 Å². The molecule has 1 unspecified atom stereocenters. The third kappa shape index (κ3) is 2.66. The molecular weight excluding hydrogens is 294 g/mol. The van der Waals surface area contributed by atoms with E-state index in [1.165, 1.54) is 6.07 Å². The molecule has 88 valence electrons. The lowest BCUT2D eigenvalue weighted by atomic mass is 10.0. The zero-order valence-corrected chi connectivity index (χ0v) is 11.1. The number of halogens is 3. The van der Waals surface area contributed by atoms with Gasteiger partial charge in [-0.2, -0.15) is 0 Å². The Balaban J connectivity index is 2.16. The van der Waals surface area contributed by atoms with E-state index in [2.05, 4.69) is 20.9 Å². The van der Waals surface area contributed by atoms with Crippen molar-refractivity contribution in [1.29, 1.82) is 0 Å². The molecule has 1 atom stereocenters. The van der Waals surface area contributed by atoms with Crippen LogP contribution in [-0.2, 0) is 0 Å². The molecule has 1 aromatic rings. The van der Waals surface area contributed by atoms with E-state index >= 15 is 0 Å². The zero-order valence-electron chi connectivity index (χ0n) is 8.80. The fourth-order valence-corrected chi connectivity index (χ4v) is 2.58. The van der Waals surface area contributed by atoms with Crippen molar-refractivity contribution in [3.05, 3.63) is 22.6 Å². The first-order valence-corrected chi connectivity index (χ1v) is 6.65. The summed E-state index contributed by atoms with van der Waals surface area (Å²) in [6, 6.07) is 1.45. The van der Waals surface area contributed by atoms with Crippen LogP contribution in [0.25, 0.3) is 0 Å². The second-order valence-corrected chi connectivity index (χ2v) is 5.29. The Hall–Kier alpha value is -0.350. The standard InChI is InChI=1S/C11H13BrClFN2/c12-9-4-10(14)11(15-6-9)16-3-1-2-8(5-13)7-16/h4,6,8H,1-3,5,7H2. The van der Waals surface area contributed by atoms with Crippen molar-refractivity contribution in [2.75, 3.05) is 23.9 Å². The first-order chi connectivity index (χ1) is 7.70. The number of nitrogens with zero attached hydrogens (tertiary/aromatic N) is 2. The van der Waals surface area contributed by atoms with Crippen molar-refractivity contribution in [3.8, 4) is 0 Å². The van der Waals surface area contributed by atoms with E-state index in [-0.39, 0.29) is 5.82 Å². The summed E-state index contributed by atoms with van der Waals surface area (Å²) in [7, 11) is 0. The highest BCUT2D eigenvalue weighted by Gasteiger charge is 2.22. The van der Waals surface area contributed by atoms with Crippen LogP contribution >= 0.6 is 27.5 Å². The Bertz CT molecular complexity index is 375. The molecule has 2 heterocycles. The first kappa shape index (κ1) is 12.1. The van der Waals surface area contributed by atoms with Gasteiger partial charge in [-0.15, -0.1) is 11.6 Å². The normalized spacial score (nSPS) is 21.2. The lowest BCUT2D eigenvalue weighted by Gasteiger charge is -2.32. The molecule has 0 amide bonds. The molecule has 0 aliphatic carbocycles. The molecule has 0 radical (unpaired) electrons. The quantitative estimate of drug-likeness (QED) is 0.778. The third-order valence-electron chi connectivity index (χ3n) is 2.83. The molecule has 2 nitrogen and oxygen atoms in total. The van der Waals surface area contributed by atoms with E-state index in [1.807, 2.05) is 4.90 Å². The predicted octanol–water partition coefficient (Wildman–Crippen LogP) is 3.44. The summed E-state index contributed by atoms with van der Waals surface area (Å²) in [5.74, 6) is 1.25. The van der Waals surface area contributed by atoms with Gasteiger partial charge in [-0.25, -0.2) is 9.37 Å². The smallest absolute Gasteiger partial charge is 0.166 e. The molecule has 0 bridgehead atoms. The SMILES string of the molecule is Fc1cc(Br)cnc1N1CCCC(CCl)C1. The first-order valence-electron chi connectivity index (χ1n) is 5.32. The van der Waals surface area contributed by atoms with E-state index in [0.717, 1.165) is 25.9 Å². The van der Waals surface area contributed by atoms with Gasteiger partial charge >= 0.3 is 0 Å². The van der Waals surface area contributed by atoms with Crippen LogP contribution in [0.1, 0.15) is 12.8 Å². The summed E-state index contributed by atoms with van der Waals surface area (Å²) < 4.78 is 14.4.